The first-order chi connectivity index (χ1) is 11.7. The number of hydrogen-bond acceptors (Lipinski definition) is 5. The number of aryl methyl sites for hydroxylation is 1. The van der Waals surface area contributed by atoms with Gasteiger partial charge < -0.3 is 14.4 Å². The van der Waals surface area contributed by atoms with Crippen LogP contribution in [0.5, 0.6) is 6.01 Å². The maximum atomic E-state index is 12.7. The largest absolute Gasteiger partial charge is 0.463 e. The fourth-order valence-corrected chi connectivity index (χ4v) is 4.47. The van der Waals surface area contributed by atoms with E-state index >= 15 is 0 Å². The number of carbonyl (C=O) groups is 1. The van der Waals surface area contributed by atoms with Gasteiger partial charge in [-0.05, 0) is 37.7 Å². The molecule has 2 aliphatic heterocycles. The van der Waals surface area contributed by atoms with Crippen LogP contribution in [0.15, 0.2) is 12.4 Å². The van der Waals surface area contributed by atoms with Crippen LogP contribution in [0.25, 0.3) is 0 Å². The Bertz CT molecular complexity index is 600. The molecule has 24 heavy (non-hydrogen) atoms. The molecule has 0 aromatic carbocycles. The summed E-state index contributed by atoms with van der Waals surface area (Å²) in [6.07, 6.45) is 7.93. The Morgan fingerprint density at radius 1 is 1.42 bits per heavy atom. The van der Waals surface area contributed by atoms with Crippen LogP contribution < -0.4 is 4.74 Å². The Morgan fingerprint density at radius 2 is 2.25 bits per heavy atom. The molecule has 1 aromatic heterocycles. The van der Waals surface area contributed by atoms with Crippen molar-refractivity contribution in [2.75, 3.05) is 32.9 Å². The predicted octanol–water partition coefficient (Wildman–Crippen LogP) is 1.83. The fraction of sp³-hybridized carbons (Fsp3) is 0.722. The van der Waals surface area contributed by atoms with Gasteiger partial charge in [-0.3, -0.25) is 4.79 Å². The topological polar surface area (TPSA) is 64.5 Å². The second kappa shape index (κ2) is 6.31. The molecular weight excluding hydrogens is 306 g/mol. The number of amides is 1. The van der Waals surface area contributed by atoms with Crippen LogP contribution >= 0.6 is 0 Å². The Hall–Kier alpha value is -1.69. The number of likely N-dealkylation sites (tertiary alicyclic amines) is 1. The fourth-order valence-electron chi connectivity index (χ4n) is 4.47. The highest BCUT2D eigenvalue weighted by Crippen LogP contribution is 2.49. The van der Waals surface area contributed by atoms with E-state index in [1.54, 1.807) is 12.4 Å². The van der Waals surface area contributed by atoms with Crippen LogP contribution in [0.1, 0.15) is 31.2 Å². The first-order valence-electron chi connectivity index (χ1n) is 8.94. The Balaban J connectivity index is 1.42. The molecule has 6 heteroatoms. The first kappa shape index (κ1) is 15.8. The number of ether oxygens (including phenoxy) is 2. The highest BCUT2D eigenvalue weighted by Gasteiger charge is 2.52. The quantitative estimate of drug-likeness (QED) is 0.842. The molecule has 3 heterocycles. The second-order valence-electron chi connectivity index (χ2n) is 7.56. The molecule has 3 aliphatic rings. The van der Waals surface area contributed by atoms with Crippen molar-refractivity contribution in [2.45, 2.75) is 32.6 Å². The standard InChI is InChI=1S/C18H25N3O3/c1-13-7-19-17(20-8-13)24-12-18-5-2-3-15(18)9-21(11-18)16(22)14-4-6-23-10-14/h7-8,14-15H,2-6,9-12H2,1H3. The molecular formula is C18H25N3O3. The van der Waals surface area contributed by atoms with Crippen molar-refractivity contribution in [3.8, 4) is 6.01 Å². The van der Waals surface area contributed by atoms with Crippen LogP contribution in [-0.4, -0.2) is 53.7 Å². The summed E-state index contributed by atoms with van der Waals surface area (Å²) >= 11 is 0. The summed E-state index contributed by atoms with van der Waals surface area (Å²) in [7, 11) is 0. The zero-order chi connectivity index (χ0) is 16.6. The van der Waals surface area contributed by atoms with Crippen molar-refractivity contribution in [1.82, 2.24) is 14.9 Å². The Labute approximate surface area is 142 Å². The average Bonchev–Trinajstić information content (AvgIpc) is 3.29. The normalized spacial score (nSPS) is 32.1. The van der Waals surface area contributed by atoms with Crippen LogP contribution in [-0.2, 0) is 9.53 Å². The van der Waals surface area contributed by atoms with E-state index in [9.17, 15) is 4.79 Å². The molecule has 0 radical (unpaired) electrons. The van der Waals surface area contributed by atoms with E-state index in [0.29, 0.717) is 31.7 Å². The minimum absolute atomic E-state index is 0.0576. The number of rotatable bonds is 4. The number of nitrogens with zero attached hydrogens (tertiary/aromatic N) is 3. The van der Waals surface area contributed by atoms with Crippen LogP contribution in [0.2, 0.25) is 0 Å². The van der Waals surface area contributed by atoms with Crippen LogP contribution in [0.3, 0.4) is 0 Å². The number of carbonyl (C=O) groups excluding carboxylic acids is 1. The third-order valence-corrected chi connectivity index (χ3v) is 5.88. The maximum absolute atomic E-state index is 12.7. The van der Waals surface area contributed by atoms with E-state index in [-0.39, 0.29) is 17.2 Å². The average molecular weight is 331 g/mol. The number of hydrogen-bond donors (Lipinski definition) is 0. The van der Waals surface area contributed by atoms with Crippen molar-refractivity contribution >= 4 is 5.91 Å². The van der Waals surface area contributed by atoms with Crippen molar-refractivity contribution in [3.05, 3.63) is 18.0 Å². The van der Waals surface area contributed by atoms with E-state index in [0.717, 1.165) is 31.5 Å². The third-order valence-electron chi connectivity index (χ3n) is 5.88. The smallest absolute Gasteiger partial charge is 0.316 e. The summed E-state index contributed by atoms with van der Waals surface area (Å²) in [5.41, 5.74) is 1.10. The van der Waals surface area contributed by atoms with Gasteiger partial charge in [-0.2, -0.15) is 0 Å². The van der Waals surface area contributed by atoms with Crippen molar-refractivity contribution in [3.63, 3.8) is 0 Å². The third kappa shape index (κ3) is 2.88. The maximum Gasteiger partial charge on any atom is 0.316 e. The molecule has 4 rings (SSSR count). The summed E-state index contributed by atoms with van der Waals surface area (Å²) in [6, 6.07) is 0.439. The van der Waals surface area contributed by atoms with E-state index in [4.69, 9.17) is 9.47 Å². The highest BCUT2D eigenvalue weighted by atomic mass is 16.5. The molecule has 1 aromatic rings. The minimum Gasteiger partial charge on any atom is -0.463 e. The molecule has 3 unspecified atom stereocenters. The van der Waals surface area contributed by atoms with Gasteiger partial charge in [0, 0.05) is 37.5 Å². The summed E-state index contributed by atoms with van der Waals surface area (Å²) in [5.74, 6) is 0.865. The molecule has 1 aliphatic carbocycles. The monoisotopic (exact) mass is 331 g/mol. The lowest BCUT2D eigenvalue weighted by Gasteiger charge is -2.28. The molecule has 6 nitrogen and oxygen atoms in total. The van der Waals surface area contributed by atoms with Crippen molar-refractivity contribution < 1.29 is 14.3 Å². The zero-order valence-corrected chi connectivity index (χ0v) is 14.2. The Morgan fingerprint density at radius 3 is 3.00 bits per heavy atom. The lowest BCUT2D eigenvalue weighted by atomic mass is 9.82. The van der Waals surface area contributed by atoms with Gasteiger partial charge in [0.15, 0.2) is 0 Å². The van der Waals surface area contributed by atoms with Gasteiger partial charge in [-0.15, -0.1) is 0 Å². The van der Waals surface area contributed by atoms with E-state index < -0.39 is 0 Å². The number of fused-ring (bicyclic) bond motifs is 1. The van der Waals surface area contributed by atoms with E-state index in [1.807, 2.05) is 6.92 Å². The van der Waals surface area contributed by atoms with E-state index in [2.05, 4.69) is 14.9 Å². The van der Waals surface area contributed by atoms with E-state index in [1.165, 1.54) is 12.8 Å². The molecule has 1 amide bonds. The molecule has 3 atom stereocenters. The minimum atomic E-state index is 0.0576. The first-order valence-corrected chi connectivity index (χ1v) is 8.94. The van der Waals surface area contributed by atoms with Gasteiger partial charge in [-0.1, -0.05) is 6.42 Å². The molecule has 1 saturated carbocycles. The van der Waals surface area contributed by atoms with Crippen LogP contribution in [0.4, 0.5) is 0 Å². The molecule has 2 saturated heterocycles. The summed E-state index contributed by atoms with van der Waals surface area (Å²) < 4.78 is 11.3. The summed E-state index contributed by atoms with van der Waals surface area (Å²) in [6.45, 7) is 5.54. The molecule has 0 N–H and O–H groups in total. The molecule has 3 fully saturated rings. The van der Waals surface area contributed by atoms with Gasteiger partial charge in [0.25, 0.3) is 0 Å². The van der Waals surface area contributed by atoms with Crippen molar-refractivity contribution in [2.24, 2.45) is 17.3 Å². The second-order valence-corrected chi connectivity index (χ2v) is 7.56. The summed E-state index contributed by atoms with van der Waals surface area (Å²) in [5, 5.41) is 0. The van der Waals surface area contributed by atoms with Crippen LogP contribution in [0, 0.1) is 24.2 Å². The lowest BCUT2D eigenvalue weighted by molar-refractivity contribution is -0.135. The summed E-state index contributed by atoms with van der Waals surface area (Å²) in [4.78, 5) is 23.2. The predicted molar refractivity (Wildman–Crippen MR) is 87.5 cm³/mol. The van der Waals surface area contributed by atoms with Gasteiger partial charge in [-0.25, -0.2) is 9.97 Å². The SMILES string of the molecule is Cc1cnc(OCC23CCCC2CN(C(=O)C2CCOC2)C3)nc1. The van der Waals surface area contributed by atoms with Crippen molar-refractivity contribution in [1.29, 1.82) is 0 Å². The zero-order valence-electron chi connectivity index (χ0n) is 14.2. The Kier molecular flexibility index (Phi) is 4.16. The van der Waals surface area contributed by atoms with Gasteiger partial charge in [0.05, 0.1) is 19.1 Å². The number of aromatic nitrogens is 2. The van der Waals surface area contributed by atoms with Gasteiger partial charge in [0.2, 0.25) is 5.91 Å². The van der Waals surface area contributed by atoms with Gasteiger partial charge in [0.1, 0.15) is 0 Å². The highest BCUT2D eigenvalue weighted by molar-refractivity contribution is 5.79. The molecule has 0 bridgehead atoms. The van der Waals surface area contributed by atoms with Gasteiger partial charge >= 0.3 is 6.01 Å². The lowest BCUT2D eigenvalue weighted by Crippen LogP contribution is -2.38. The molecule has 0 spiro atoms. The molecule has 130 valence electrons.